The number of carbonyl (C=O) groups is 1. The van der Waals surface area contributed by atoms with E-state index in [0.29, 0.717) is 28.2 Å². The highest BCUT2D eigenvalue weighted by molar-refractivity contribution is 9.10. The summed E-state index contributed by atoms with van der Waals surface area (Å²) in [5, 5.41) is 1.11. The molecule has 2 aromatic rings. The molecule has 3 nitrogen and oxygen atoms in total. The zero-order chi connectivity index (χ0) is 11.7. The summed E-state index contributed by atoms with van der Waals surface area (Å²) < 4.78 is 10.9. The Morgan fingerprint density at radius 3 is 3.00 bits per heavy atom. The number of esters is 1. The second-order valence-corrected chi connectivity index (χ2v) is 4.34. The van der Waals surface area contributed by atoms with E-state index in [1.807, 2.05) is 0 Å². The molecule has 0 radical (unpaired) electrons. The molecule has 0 amide bonds. The molecule has 0 aliphatic carbocycles. The molecule has 0 fully saturated rings. The lowest BCUT2D eigenvalue weighted by atomic mass is 10.2. The Hall–Kier alpha value is -1.000. The van der Waals surface area contributed by atoms with Gasteiger partial charge in [0.25, 0.3) is 0 Å². The van der Waals surface area contributed by atoms with Gasteiger partial charge in [-0.1, -0.05) is 11.6 Å². The summed E-state index contributed by atoms with van der Waals surface area (Å²) in [5.41, 5.74) is 0.880. The third kappa shape index (κ3) is 1.83. The van der Waals surface area contributed by atoms with Gasteiger partial charge in [0.15, 0.2) is 5.58 Å². The zero-order valence-electron chi connectivity index (χ0n) is 8.42. The molecule has 1 heterocycles. The quantitative estimate of drug-likeness (QED) is 0.786. The van der Waals surface area contributed by atoms with Gasteiger partial charge in [-0.25, -0.2) is 4.79 Å². The maximum atomic E-state index is 11.6. The van der Waals surface area contributed by atoms with E-state index in [1.165, 1.54) is 6.26 Å². The highest BCUT2D eigenvalue weighted by Crippen LogP contribution is 2.33. The molecule has 0 aliphatic rings. The van der Waals surface area contributed by atoms with E-state index in [9.17, 15) is 4.79 Å². The van der Waals surface area contributed by atoms with Crippen LogP contribution >= 0.6 is 27.5 Å². The van der Waals surface area contributed by atoms with Crippen molar-refractivity contribution in [2.24, 2.45) is 0 Å². The van der Waals surface area contributed by atoms with Crippen molar-refractivity contribution in [3.05, 3.63) is 33.5 Å². The fraction of sp³-hybridized carbons (Fsp3) is 0.182. The molecule has 0 spiro atoms. The maximum absolute atomic E-state index is 11.6. The molecule has 5 heteroatoms. The molecule has 0 atom stereocenters. The molecule has 0 saturated carbocycles. The second-order valence-electron chi connectivity index (χ2n) is 3.11. The normalized spacial score (nSPS) is 10.7. The summed E-state index contributed by atoms with van der Waals surface area (Å²) in [6.45, 7) is 2.08. The average molecular weight is 304 g/mol. The third-order valence-corrected chi connectivity index (χ3v) is 3.39. The van der Waals surface area contributed by atoms with Crippen molar-refractivity contribution < 1.29 is 13.9 Å². The average Bonchev–Trinajstić information content (AvgIpc) is 2.68. The van der Waals surface area contributed by atoms with Crippen molar-refractivity contribution in [3.63, 3.8) is 0 Å². The first kappa shape index (κ1) is 11.5. The Balaban J connectivity index is 2.58. The Morgan fingerprint density at radius 1 is 1.56 bits per heavy atom. The molecular weight excluding hydrogens is 295 g/mol. The van der Waals surface area contributed by atoms with E-state index in [0.717, 1.165) is 4.47 Å². The number of benzene rings is 1. The molecule has 0 aliphatic heterocycles. The van der Waals surface area contributed by atoms with E-state index >= 15 is 0 Å². The number of furan rings is 1. The van der Waals surface area contributed by atoms with Crippen molar-refractivity contribution in [3.8, 4) is 0 Å². The first-order chi connectivity index (χ1) is 7.65. The van der Waals surface area contributed by atoms with Gasteiger partial charge in [0.2, 0.25) is 0 Å². The summed E-state index contributed by atoms with van der Waals surface area (Å²) in [6.07, 6.45) is 1.36. The minimum absolute atomic E-state index is 0.329. The maximum Gasteiger partial charge on any atom is 0.342 e. The van der Waals surface area contributed by atoms with Gasteiger partial charge in [-0.3, -0.25) is 0 Å². The van der Waals surface area contributed by atoms with Gasteiger partial charge in [0.05, 0.1) is 11.6 Å². The highest BCUT2D eigenvalue weighted by atomic mass is 79.9. The Kier molecular flexibility index (Phi) is 3.21. The van der Waals surface area contributed by atoms with Crippen molar-refractivity contribution in [2.75, 3.05) is 6.61 Å². The van der Waals surface area contributed by atoms with Crippen LogP contribution in [0.1, 0.15) is 17.3 Å². The van der Waals surface area contributed by atoms with E-state index < -0.39 is 5.97 Å². The first-order valence-corrected chi connectivity index (χ1v) is 5.84. The fourth-order valence-corrected chi connectivity index (χ4v) is 1.93. The van der Waals surface area contributed by atoms with Crippen LogP contribution in [0, 0.1) is 0 Å². The molecule has 16 heavy (non-hydrogen) atoms. The molecule has 84 valence electrons. The number of hydrogen-bond donors (Lipinski definition) is 0. The van der Waals surface area contributed by atoms with Crippen LogP contribution in [0.3, 0.4) is 0 Å². The van der Waals surface area contributed by atoms with E-state index in [4.69, 9.17) is 20.8 Å². The minimum Gasteiger partial charge on any atom is -0.462 e. The van der Waals surface area contributed by atoms with Crippen molar-refractivity contribution in [1.82, 2.24) is 0 Å². The molecule has 0 bridgehead atoms. The van der Waals surface area contributed by atoms with E-state index in [2.05, 4.69) is 15.9 Å². The summed E-state index contributed by atoms with van der Waals surface area (Å²) >= 11 is 9.31. The number of carbonyl (C=O) groups excluding carboxylic acids is 1. The van der Waals surface area contributed by atoms with Crippen molar-refractivity contribution in [1.29, 1.82) is 0 Å². The minimum atomic E-state index is -0.403. The zero-order valence-corrected chi connectivity index (χ0v) is 10.8. The second kappa shape index (κ2) is 4.47. The highest BCUT2D eigenvalue weighted by Gasteiger charge is 2.17. The van der Waals surface area contributed by atoms with Crippen LogP contribution in [-0.2, 0) is 4.74 Å². The first-order valence-electron chi connectivity index (χ1n) is 4.67. The molecule has 0 N–H and O–H groups in total. The van der Waals surface area contributed by atoms with Crippen LogP contribution in [-0.4, -0.2) is 12.6 Å². The van der Waals surface area contributed by atoms with Gasteiger partial charge in [-0.2, -0.15) is 0 Å². The monoisotopic (exact) mass is 302 g/mol. The lowest BCUT2D eigenvalue weighted by Gasteiger charge is -1.99. The van der Waals surface area contributed by atoms with E-state index in [1.54, 1.807) is 19.1 Å². The fourth-order valence-electron chi connectivity index (χ4n) is 1.41. The van der Waals surface area contributed by atoms with Crippen LogP contribution < -0.4 is 0 Å². The molecule has 0 unspecified atom stereocenters. The van der Waals surface area contributed by atoms with Crippen LogP contribution in [0.2, 0.25) is 5.02 Å². The number of halogens is 2. The summed E-state index contributed by atoms with van der Waals surface area (Å²) in [6, 6.07) is 3.53. The molecular formula is C11H8BrClO3. The van der Waals surface area contributed by atoms with Crippen molar-refractivity contribution >= 4 is 44.5 Å². The SMILES string of the molecule is CCOC(=O)c1coc2c(Cl)c(Br)ccc12. The van der Waals surface area contributed by atoms with Gasteiger partial charge < -0.3 is 9.15 Å². The topological polar surface area (TPSA) is 39.4 Å². The predicted molar refractivity (Wildman–Crippen MR) is 64.9 cm³/mol. The van der Waals surface area contributed by atoms with E-state index in [-0.39, 0.29) is 0 Å². The Morgan fingerprint density at radius 2 is 2.31 bits per heavy atom. The number of fused-ring (bicyclic) bond motifs is 1. The summed E-state index contributed by atoms with van der Waals surface area (Å²) in [5.74, 6) is -0.403. The van der Waals surface area contributed by atoms with Crippen LogP contribution in [0.15, 0.2) is 27.3 Å². The molecule has 1 aromatic heterocycles. The lowest BCUT2D eigenvalue weighted by Crippen LogP contribution is -2.03. The summed E-state index contributed by atoms with van der Waals surface area (Å²) in [7, 11) is 0. The third-order valence-electron chi connectivity index (χ3n) is 2.13. The van der Waals surface area contributed by atoms with Gasteiger partial charge in [-0.15, -0.1) is 0 Å². The van der Waals surface area contributed by atoms with Crippen LogP contribution in [0.5, 0.6) is 0 Å². The van der Waals surface area contributed by atoms with Gasteiger partial charge >= 0.3 is 5.97 Å². The lowest BCUT2D eigenvalue weighted by molar-refractivity contribution is 0.0527. The Labute approximate surface area is 105 Å². The van der Waals surface area contributed by atoms with Gasteiger partial charge in [0, 0.05) is 9.86 Å². The van der Waals surface area contributed by atoms with Gasteiger partial charge in [-0.05, 0) is 35.0 Å². The number of hydrogen-bond acceptors (Lipinski definition) is 3. The number of ether oxygens (including phenoxy) is 1. The van der Waals surface area contributed by atoms with Crippen LogP contribution in [0.25, 0.3) is 11.0 Å². The molecule has 0 saturated heterocycles. The molecule has 2 rings (SSSR count). The standard InChI is InChI=1S/C11H8BrClO3/c1-2-15-11(14)7-5-16-10-6(7)3-4-8(12)9(10)13/h3-5H,2H2,1H3. The predicted octanol–water partition coefficient (Wildman–Crippen LogP) is 4.03. The van der Waals surface area contributed by atoms with Gasteiger partial charge in [0.1, 0.15) is 11.8 Å². The molecule has 1 aromatic carbocycles. The van der Waals surface area contributed by atoms with Crippen LogP contribution in [0.4, 0.5) is 0 Å². The Bertz CT molecular complexity index is 547. The smallest absolute Gasteiger partial charge is 0.342 e. The summed E-state index contributed by atoms with van der Waals surface area (Å²) in [4.78, 5) is 11.6. The van der Waals surface area contributed by atoms with Crippen molar-refractivity contribution in [2.45, 2.75) is 6.92 Å². The largest absolute Gasteiger partial charge is 0.462 e. The number of rotatable bonds is 2.